The Morgan fingerprint density at radius 2 is 2.25 bits per heavy atom. The van der Waals surface area contributed by atoms with Gasteiger partial charge >= 0.3 is 0 Å². The van der Waals surface area contributed by atoms with Gasteiger partial charge in [-0.2, -0.15) is 0 Å². The largest absolute Gasteiger partial charge is 0.298 e. The molecule has 1 saturated carbocycles. The van der Waals surface area contributed by atoms with Crippen molar-refractivity contribution in [3.05, 3.63) is 0 Å². The van der Waals surface area contributed by atoms with Gasteiger partial charge in [0, 0.05) is 22.4 Å². The first kappa shape index (κ1) is 10.3. The zero-order valence-electron chi connectivity index (χ0n) is 9.66. The van der Waals surface area contributed by atoms with E-state index in [2.05, 4.69) is 34.4 Å². The van der Waals surface area contributed by atoms with Crippen LogP contribution < -0.4 is 0 Å². The molecule has 3 saturated heterocycles. The average Bonchev–Trinajstić information content (AvgIpc) is 2.37. The van der Waals surface area contributed by atoms with Crippen LogP contribution in [0.5, 0.6) is 0 Å². The molecular weight excluding hydrogens is 313 g/mol. The molecule has 16 heavy (non-hydrogen) atoms. The van der Waals surface area contributed by atoms with Crippen molar-refractivity contribution in [2.45, 2.75) is 48.1 Å². The molecule has 5 bridgehead atoms. The molecule has 1 aliphatic carbocycles. The third kappa shape index (κ3) is 1.05. The van der Waals surface area contributed by atoms with Gasteiger partial charge in [-0.15, -0.1) is 0 Å². The van der Waals surface area contributed by atoms with Gasteiger partial charge in [-0.1, -0.05) is 29.5 Å². The summed E-state index contributed by atoms with van der Waals surface area (Å²) in [7, 11) is 0. The van der Waals surface area contributed by atoms with Crippen LogP contribution in [0.2, 0.25) is 0 Å². The summed E-state index contributed by atoms with van der Waals surface area (Å²) in [6, 6.07) is 1.03. The molecule has 4 fully saturated rings. The van der Waals surface area contributed by atoms with Gasteiger partial charge in [0.05, 0.1) is 6.04 Å². The zero-order chi connectivity index (χ0) is 11.1. The summed E-state index contributed by atoms with van der Waals surface area (Å²) in [5.41, 5.74) is 0. The second-order valence-corrected chi connectivity index (χ2v) is 8.52. The highest BCUT2D eigenvalue weighted by Gasteiger charge is 2.67. The minimum atomic E-state index is 0.311. The SMILES string of the molecule is C[C@@H]1C[C@H]2C3C(=O)C[C@H]4CN3[C@H](C1)[C@@]2(I)C4. The van der Waals surface area contributed by atoms with E-state index in [1.807, 2.05) is 0 Å². The van der Waals surface area contributed by atoms with Crippen molar-refractivity contribution in [2.24, 2.45) is 17.8 Å². The molecule has 7 atom stereocenters. The first-order valence-corrected chi connectivity index (χ1v) is 7.65. The van der Waals surface area contributed by atoms with Crippen molar-refractivity contribution in [1.29, 1.82) is 0 Å². The third-order valence-electron chi connectivity index (χ3n) is 5.48. The lowest BCUT2D eigenvalue weighted by atomic mass is 9.70. The van der Waals surface area contributed by atoms with Crippen LogP contribution in [0, 0.1) is 17.8 Å². The highest BCUT2D eigenvalue weighted by atomic mass is 127. The normalized spacial score (nSPS) is 62.8. The van der Waals surface area contributed by atoms with Crippen LogP contribution in [0.1, 0.15) is 32.6 Å². The Labute approximate surface area is 110 Å². The number of Topliss-reactive ketones (excluding diaryl/α,β-unsaturated/α-hetero) is 1. The van der Waals surface area contributed by atoms with Gasteiger partial charge in [0.1, 0.15) is 0 Å². The van der Waals surface area contributed by atoms with E-state index in [0.29, 0.717) is 33.1 Å². The quantitative estimate of drug-likeness (QED) is 0.501. The summed E-state index contributed by atoms with van der Waals surface area (Å²) < 4.78 is 0.448. The second-order valence-electron chi connectivity index (χ2n) is 6.51. The van der Waals surface area contributed by atoms with Gasteiger partial charge < -0.3 is 0 Å². The zero-order valence-corrected chi connectivity index (χ0v) is 11.8. The first-order valence-electron chi connectivity index (χ1n) is 6.57. The lowest BCUT2D eigenvalue weighted by Gasteiger charge is -2.48. The fourth-order valence-corrected chi connectivity index (χ4v) is 6.89. The fraction of sp³-hybridized carbons (Fsp3) is 0.923. The van der Waals surface area contributed by atoms with Crippen molar-refractivity contribution < 1.29 is 4.79 Å². The summed E-state index contributed by atoms with van der Waals surface area (Å²) in [4.78, 5) is 14.9. The Hall–Kier alpha value is 0.360. The minimum absolute atomic E-state index is 0.311. The number of rotatable bonds is 0. The number of hydrogen-bond donors (Lipinski definition) is 0. The Morgan fingerprint density at radius 1 is 1.44 bits per heavy atom. The van der Waals surface area contributed by atoms with E-state index in [9.17, 15) is 4.79 Å². The Kier molecular flexibility index (Phi) is 1.95. The van der Waals surface area contributed by atoms with Crippen molar-refractivity contribution in [1.82, 2.24) is 4.90 Å². The number of hydrogen-bond acceptors (Lipinski definition) is 2. The van der Waals surface area contributed by atoms with Crippen LogP contribution in [0.25, 0.3) is 0 Å². The molecule has 0 aromatic carbocycles. The molecule has 88 valence electrons. The lowest BCUT2D eigenvalue weighted by molar-refractivity contribution is -0.129. The molecule has 0 radical (unpaired) electrons. The highest BCUT2D eigenvalue weighted by Crippen LogP contribution is 2.61. The highest BCUT2D eigenvalue weighted by molar-refractivity contribution is 14.1. The number of nitrogens with zero attached hydrogens (tertiary/aromatic N) is 1. The van der Waals surface area contributed by atoms with Crippen LogP contribution in [0.3, 0.4) is 0 Å². The molecule has 0 aromatic heterocycles. The maximum atomic E-state index is 12.3. The minimum Gasteiger partial charge on any atom is -0.298 e. The summed E-state index contributed by atoms with van der Waals surface area (Å²) in [5, 5.41) is 0. The van der Waals surface area contributed by atoms with E-state index in [1.54, 1.807) is 0 Å². The molecule has 0 spiro atoms. The summed E-state index contributed by atoms with van der Waals surface area (Å²) in [6.07, 6.45) is 4.81. The number of fused-ring (bicyclic) bond motifs is 2. The molecule has 0 N–H and O–H groups in total. The van der Waals surface area contributed by atoms with Crippen molar-refractivity contribution in [3.8, 4) is 0 Å². The van der Waals surface area contributed by atoms with E-state index in [4.69, 9.17) is 0 Å². The van der Waals surface area contributed by atoms with Gasteiger partial charge in [-0.25, -0.2) is 0 Å². The van der Waals surface area contributed by atoms with E-state index in [0.717, 1.165) is 12.3 Å². The van der Waals surface area contributed by atoms with Crippen LogP contribution in [-0.2, 0) is 4.79 Å². The monoisotopic (exact) mass is 331 g/mol. The number of alkyl halides is 1. The number of carbonyl (C=O) groups is 1. The van der Waals surface area contributed by atoms with E-state index in [-0.39, 0.29) is 0 Å². The maximum Gasteiger partial charge on any atom is 0.150 e. The number of carbonyl (C=O) groups excluding carboxylic acids is 1. The molecule has 0 amide bonds. The Morgan fingerprint density at radius 3 is 3.06 bits per heavy atom. The van der Waals surface area contributed by atoms with Crippen LogP contribution in [0.15, 0.2) is 0 Å². The van der Waals surface area contributed by atoms with Crippen molar-refractivity contribution >= 4 is 28.4 Å². The summed E-state index contributed by atoms with van der Waals surface area (Å²) in [6.45, 7) is 3.59. The lowest BCUT2D eigenvalue weighted by Crippen LogP contribution is -2.55. The Bertz CT molecular complexity index is 371. The van der Waals surface area contributed by atoms with Gasteiger partial charge in [0.15, 0.2) is 5.78 Å². The molecule has 2 nitrogen and oxygen atoms in total. The van der Waals surface area contributed by atoms with Crippen molar-refractivity contribution in [3.63, 3.8) is 0 Å². The standard InChI is InChI=1S/C13H18INO/c1-7-2-9-12-10(16)4-8-5-13(9,14)11(3-7)15(12)6-8/h7-9,11-12H,2-6H2,1H3/t7-,8-,9+,11-,12?,13-/m1/s1. The molecule has 3 heterocycles. The number of ketones is 1. The molecule has 0 aromatic rings. The molecule has 2 unspecified atom stereocenters. The predicted molar refractivity (Wildman–Crippen MR) is 70.7 cm³/mol. The van der Waals surface area contributed by atoms with Gasteiger partial charge in [0.2, 0.25) is 0 Å². The number of halogens is 1. The van der Waals surface area contributed by atoms with Crippen LogP contribution in [0.4, 0.5) is 0 Å². The number of piperidine rings is 2. The molecule has 4 aliphatic rings. The molecule has 3 heteroatoms. The third-order valence-corrected chi connectivity index (χ3v) is 7.44. The molecule has 4 rings (SSSR count). The predicted octanol–water partition coefficient (Wildman–Crippen LogP) is 2.25. The van der Waals surface area contributed by atoms with E-state index < -0.39 is 0 Å². The van der Waals surface area contributed by atoms with E-state index in [1.165, 1.54) is 25.8 Å². The van der Waals surface area contributed by atoms with Crippen LogP contribution >= 0.6 is 22.6 Å². The summed E-state index contributed by atoms with van der Waals surface area (Å²) in [5.74, 6) is 2.74. The molecular formula is C13H18INO. The summed E-state index contributed by atoms with van der Waals surface area (Å²) >= 11 is 2.73. The topological polar surface area (TPSA) is 20.3 Å². The van der Waals surface area contributed by atoms with Gasteiger partial charge in [0.25, 0.3) is 0 Å². The van der Waals surface area contributed by atoms with Gasteiger partial charge in [-0.3, -0.25) is 9.69 Å². The fourth-order valence-electron chi connectivity index (χ4n) is 5.06. The van der Waals surface area contributed by atoms with Gasteiger partial charge in [-0.05, 0) is 37.0 Å². The maximum absolute atomic E-state index is 12.3. The second kappa shape index (κ2) is 3.02. The average molecular weight is 331 g/mol. The van der Waals surface area contributed by atoms with Crippen molar-refractivity contribution in [2.75, 3.05) is 6.54 Å². The molecule has 3 aliphatic heterocycles. The smallest absolute Gasteiger partial charge is 0.150 e. The van der Waals surface area contributed by atoms with Crippen LogP contribution in [-0.4, -0.2) is 32.7 Å². The van der Waals surface area contributed by atoms with E-state index >= 15 is 0 Å². The first-order chi connectivity index (χ1) is 7.59. The Balaban J connectivity index is 1.86.